The maximum atomic E-state index is 13.7. The van der Waals surface area contributed by atoms with E-state index < -0.39 is 0 Å². The molecular weight excluding hydrogens is 317 g/mol. The van der Waals surface area contributed by atoms with Gasteiger partial charge in [-0.05, 0) is 37.1 Å². The van der Waals surface area contributed by atoms with Crippen molar-refractivity contribution >= 4 is 5.96 Å². The SMILES string of the molecule is CCNC(=NCc1cccc(C)c1)NCc1ccc(F)c(COC)c1. The standard InChI is InChI=1S/C20H26FN3O/c1-4-22-20(23-12-16-7-5-6-15(2)10-16)24-13-17-8-9-19(21)18(11-17)14-25-3/h5-11H,4,12-14H2,1-3H3,(H2,22,23,24). The Bertz CT molecular complexity index is 716. The number of hydrogen-bond acceptors (Lipinski definition) is 2. The topological polar surface area (TPSA) is 45.7 Å². The van der Waals surface area contributed by atoms with Gasteiger partial charge in [-0.15, -0.1) is 0 Å². The summed E-state index contributed by atoms with van der Waals surface area (Å²) in [6, 6.07) is 13.4. The molecule has 0 atom stereocenters. The van der Waals surface area contributed by atoms with Gasteiger partial charge >= 0.3 is 0 Å². The molecule has 0 saturated heterocycles. The minimum absolute atomic E-state index is 0.245. The molecule has 0 unspecified atom stereocenters. The van der Waals surface area contributed by atoms with E-state index in [1.807, 2.05) is 19.1 Å². The average molecular weight is 343 g/mol. The summed E-state index contributed by atoms with van der Waals surface area (Å²) < 4.78 is 18.7. The summed E-state index contributed by atoms with van der Waals surface area (Å²) >= 11 is 0. The number of methoxy groups -OCH3 is 1. The molecule has 0 bridgehead atoms. The van der Waals surface area contributed by atoms with E-state index in [1.54, 1.807) is 13.2 Å². The van der Waals surface area contributed by atoms with Crippen LogP contribution in [0.4, 0.5) is 4.39 Å². The van der Waals surface area contributed by atoms with Crippen molar-refractivity contribution in [3.8, 4) is 0 Å². The molecule has 0 radical (unpaired) electrons. The Balaban J connectivity index is 2.01. The van der Waals surface area contributed by atoms with E-state index in [0.717, 1.165) is 18.1 Å². The van der Waals surface area contributed by atoms with E-state index in [1.165, 1.54) is 17.2 Å². The van der Waals surface area contributed by atoms with Gasteiger partial charge in [0.05, 0.1) is 13.2 Å². The molecule has 0 fully saturated rings. The smallest absolute Gasteiger partial charge is 0.191 e. The largest absolute Gasteiger partial charge is 0.380 e. The minimum atomic E-state index is -0.245. The molecule has 0 saturated carbocycles. The van der Waals surface area contributed by atoms with Crippen LogP contribution in [0.3, 0.4) is 0 Å². The fourth-order valence-electron chi connectivity index (χ4n) is 2.51. The van der Waals surface area contributed by atoms with Crippen molar-refractivity contribution < 1.29 is 9.13 Å². The molecule has 0 aliphatic carbocycles. The normalized spacial score (nSPS) is 11.4. The summed E-state index contributed by atoms with van der Waals surface area (Å²) in [4.78, 5) is 4.61. The number of hydrogen-bond donors (Lipinski definition) is 2. The highest BCUT2D eigenvalue weighted by atomic mass is 19.1. The number of halogens is 1. The number of aryl methyl sites for hydroxylation is 1. The van der Waals surface area contributed by atoms with Gasteiger partial charge in [0.15, 0.2) is 5.96 Å². The van der Waals surface area contributed by atoms with Gasteiger partial charge in [-0.2, -0.15) is 0 Å². The van der Waals surface area contributed by atoms with E-state index in [2.05, 4.69) is 40.7 Å². The summed E-state index contributed by atoms with van der Waals surface area (Å²) in [6.45, 7) is 6.31. The highest BCUT2D eigenvalue weighted by Crippen LogP contribution is 2.11. The van der Waals surface area contributed by atoms with Gasteiger partial charge in [0.1, 0.15) is 5.82 Å². The van der Waals surface area contributed by atoms with Crippen LogP contribution in [0.5, 0.6) is 0 Å². The quantitative estimate of drug-likeness (QED) is 0.597. The van der Waals surface area contributed by atoms with Crippen LogP contribution < -0.4 is 10.6 Å². The lowest BCUT2D eigenvalue weighted by molar-refractivity contribution is 0.181. The zero-order chi connectivity index (χ0) is 18.1. The molecule has 4 nitrogen and oxygen atoms in total. The predicted octanol–water partition coefficient (Wildman–Crippen LogP) is 3.54. The monoisotopic (exact) mass is 343 g/mol. The first-order valence-corrected chi connectivity index (χ1v) is 8.46. The maximum absolute atomic E-state index is 13.7. The first-order valence-electron chi connectivity index (χ1n) is 8.46. The molecule has 0 aliphatic rings. The van der Waals surface area contributed by atoms with Crippen molar-refractivity contribution in [3.63, 3.8) is 0 Å². The van der Waals surface area contributed by atoms with E-state index in [9.17, 15) is 4.39 Å². The van der Waals surface area contributed by atoms with Crippen LogP contribution >= 0.6 is 0 Å². The lowest BCUT2D eigenvalue weighted by Gasteiger charge is -2.12. The number of benzene rings is 2. The molecule has 2 N–H and O–H groups in total. The predicted molar refractivity (Wildman–Crippen MR) is 99.9 cm³/mol. The second kappa shape index (κ2) is 9.79. The molecule has 0 spiro atoms. The maximum Gasteiger partial charge on any atom is 0.191 e. The van der Waals surface area contributed by atoms with Crippen LogP contribution in [-0.4, -0.2) is 19.6 Å². The van der Waals surface area contributed by atoms with Gasteiger partial charge in [-0.25, -0.2) is 9.38 Å². The fourth-order valence-corrected chi connectivity index (χ4v) is 2.51. The molecule has 134 valence electrons. The first kappa shape index (κ1) is 18.9. The van der Waals surface area contributed by atoms with Crippen molar-refractivity contribution in [3.05, 3.63) is 70.5 Å². The lowest BCUT2D eigenvalue weighted by atomic mass is 10.1. The molecular formula is C20H26FN3O. The molecule has 25 heavy (non-hydrogen) atoms. The third-order valence-corrected chi connectivity index (χ3v) is 3.72. The summed E-state index contributed by atoms with van der Waals surface area (Å²) in [6.07, 6.45) is 0. The van der Waals surface area contributed by atoms with Crippen molar-refractivity contribution in [1.82, 2.24) is 10.6 Å². The molecule has 0 amide bonds. The third kappa shape index (κ3) is 6.19. The Morgan fingerprint density at radius 1 is 1.12 bits per heavy atom. The number of nitrogens with one attached hydrogen (secondary N) is 2. The Kier molecular flexibility index (Phi) is 7.41. The van der Waals surface area contributed by atoms with E-state index in [0.29, 0.717) is 18.7 Å². The van der Waals surface area contributed by atoms with Gasteiger partial charge in [0.25, 0.3) is 0 Å². The van der Waals surface area contributed by atoms with Crippen molar-refractivity contribution in [2.75, 3.05) is 13.7 Å². The summed E-state index contributed by atoms with van der Waals surface area (Å²) in [5, 5.41) is 6.52. The molecule has 0 aromatic heterocycles. The summed E-state index contributed by atoms with van der Waals surface area (Å²) in [7, 11) is 1.56. The zero-order valence-electron chi connectivity index (χ0n) is 15.1. The summed E-state index contributed by atoms with van der Waals surface area (Å²) in [5.41, 5.74) is 3.93. The Labute approximate surface area is 149 Å². The van der Waals surface area contributed by atoms with E-state index in [-0.39, 0.29) is 12.4 Å². The van der Waals surface area contributed by atoms with Crippen LogP contribution in [0.15, 0.2) is 47.5 Å². The molecule has 0 heterocycles. The van der Waals surface area contributed by atoms with Crippen LogP contribution in [0.2, 0.25) is 0 Å². The molecule has 2 rings (SSSR count). The van der Waals surface area contributed by atoms with Crippen molar-refractivity contribution in [2.45, 2.75) is 33.5 Å². The van der Waals surface area contributed by atoms with Crippen LogP contribution in [0.1, 0.15) is 29.2 Å². The van der Waals surface area contributed by atoms with E-state index in [4.69, 9.17) is 4.74 Å². The second-order valence-corrected chi connectivity index (χ2v) is 5.90. The second-order valence-electron chi connectivity index (χ2n) is 5.90. The number of guanidine groups is 1. The molecule has 0 aliphatic heterocycles. The van der Waals surface area contributed by atoms with Gasteiger partial charge in [-0.3, -0.25) is 0 Å². The molecule has 5 heteroatoms. The van der Waals surface area contributed by atoms with Gasteiger partial charge in [-0.1, -0.05) is 35.9 Å². The van der Waals surface area contributed by atoms with E-state index >= 15 is 0 Å². The Hall–Kier alpha value is -2.40. The third-order valence-electron chi connectivity index (χ3n) is 3.72. The number of rotatable bonds is 7. The van der Waals surface area contributed by atoms with Crippen molar-refractivity contribution in [2.24, 2.45) is 4.99 Å². The fraction of sp³-hybridized carbons (Fsp3) is 0.350. The first-order chi connectivity index (χ1) is 12.1. The average Bonchev–Trinajstić information content (AvgIpc) is 2.60. The molecule has 2 aromatic rings. The summed E-state index contributed by atoms with van der Waals surface area (Å²) in [5.74, 6) is 0.493. The van der Waals surface area contributed by atoms with Crippen molar-refractivity contribution in [1.29, 1.82) is 0 Å². The van der Waals surface area contributed by atoms with Crippen LogP contribution in [0.25, 0.3) is 0 Å². The zero-order valence-corrected chi connectivity index (χ0v) is 15.1. The van der Waals surface area contributed by atoms with Gasteiger partial charge in [0, 0.05) is 25.8 Å². The lowest BCUT2D eigenvalue weighted by Crippen LogP contribution is -2.36. The number of nitrogens with zero attached hydrogens (tertiary/aromatic N) is 1. The highest BCUT2D eigenvalue weighted by molar-refractivity contribution is 5.79. The minimum Gasteiger partial charge on any atom is -0.380 e. The van der Waals surface area contributed by atoms with Gasteiger partial charge in [0.2, 0.25) is 0 Å². The molecule has 2 aromatic carbocycles. The Morgan fingerprint density at radius 3 is 2.68 bits per heavy atom. The number of aliphatic imine (C=N–C) groups is 1. The van der Waals surface area contributed by atoms with Crippen LogP contribution in [-0.2, 0) is 24.4 Å². The highest BCUT2D eigenvalue weighted by Gasteiger charge is 2.04. The van der Waals surface area contributed by atoms with Crippen LogP contribution in [0, 0.1) is 12.7 Å². The van der Waals surface area contributed by atoms with Gasteiger partial charge < -0.3 is 15.4 Å². The number of ether oxygens (including phenoxy) is 1. The Morgan fingerprint density at radius 2 is 1.96 bits per heavy atom.